The van der Waals surface area contributed by atoms with Gasteiger partial charge < -0.3 is 4.48 Å². The molecule has 144 valence electrons. The van der Waals surface area contributed by atoms with Crippen LogP contribution in [0.15, 0.2) is 12.2 Å². The van der Waals surface area contributed by atoms with Crippen LogP contribution in [0.1, 0.15) is 94.9 Å². The van der Waals surface area contributed by atoms with E-state index in [1.807, 2.05) is 0 Å². The van der Waals surface area contributed by atoms with Gasteiger partial charge in [-0.1, -0.05) is 60.6 Å². The summed E-state index contributed by atoms with van der Waals surface area (Å²) in [6.45, 7) is 29.3. The van der Waals surface area contributed by atoms with Gasteiger partial charge >= 0.3 is 0 Å². The van der Waals surface area contributed by atoms with Gasteiger partial charge in [0, 0.05) is 6.42 Å². The number of rotatable bonds is 9. The first-order chi connectivity index (χ1) is 10.4. The van der Waals surface area contributed by atoms with Gasteiger partial charge in [0.25, 0.3) is 0 Å². The molecular formula is C23H48N+. The van der Waals surface area contributed by atoms with Crippen LogP contribution >= 0.6 is 0 Å². The molecule has 1 unspecified atom stereocenters. The summed E-state index contributed by atoms with van der Waals surface area (Å²) in [5.41, 5.74) is 2.41. The van der Waals surface area contributed by atoms with Crippen molar-refractivity contribution in [2.24, 2.45) is 16.2 Å². The van der Waals surface area contributed by atoms with E-state index >= 15 is 0 Å². The molecule has 0 aliphatic rings. The summed E-state index contributed by atoms with van der Waals surface area (Å²) in [6.07, 6.45) is 5.01. The van der Waals surface area contributed by atoms with E-state index in [2.05, 4.69) is 89.9 Å². The van der Waals surface area contributed by atoms with Gasteiger partial charge in [0.1, 0.15) is 0 Å². The quantitative estimate of drug-likeness (QED) is 0.311. The first kappa shape index (κ1) is 23.7. The summed E-state index contributed by atoms with van der Waals surface area (Å²) in [4.78, 5) is 0. The number of quaternary nitrogens is 1. The van der Waals surface area contributed by atoms with Crippen LogP contribution in [-0.2, 0) is 0 Å². The van der Waals surface area contributed by atoms with E-state index in [1.165, 1.54) is 37.8 Å². The van der Waals surface area contributed by atoms with Gasteiger partial charge in [0.05, 0.1) is 26.2 Å². The van der Waals surface area contributed by atoms with E-state index in [-0.39, 0.29) is 16.4 Å². The molecule has 0 aromatic carbocycles. The van der Waals surface area contributed by atoms with Gasteiger partial charge in [-0.2, -0.15) is 0 Å². The zero-order valence-corrected chi connectivity index (χ0v) is 19.2. The molecule has 0 aliphatic heterocycles. The lowest BCUT2D eigenvalue weighted by Crippen LogP contribution is -2.59. The fraction of sp³-hybridized carbons (Fsp3) is 0.913. The average molecular weight is 339 g/mol. The summed E-state index contributed by atoms with van der Waals surface area (Å²) in [7, 11) is 4.85. The second kappa shape index (κ2) is 7.52. The second-order valence-corrected chi connectivity index (χ2v) is 11.4. The predicted octanol–water partition coefficient (Wildman–Crippen LogP) is 7.08. The molecular weight excluding hydrogens is 290 g/mol. The summed E-state index contributed by atoms with van der Waals surface area (Å²) < 4.78 is 1.09. The molecule has 0 heterocycles. The molecule has 1 heteroatoms. The average Bonchev–Trinajstić information content (AvgIpc) is 2.35. The monoisotopic (exact) mass is 338 g/mol. The minimum Gasteiger partial charge on any atom is -0.324 e. The van der Waals surface area contributed by atoms with E-state index in [1.54, 1.807) is 0 Å². The van der Waals surface area contributed by atoms with Crippen LogP contribution in [0.25, 0.3) is 0 Å². The Bertz CT molecular complexity index is 420. The van der Waals surface area contributed by atoms with Gasteiger partial charge in [-0.15, -0.1) is 0 Å². The van der Waals surface area contributed by atoms with E-state index in [0.29, 0.717) is 5.41 Å². The lowest BCUT2D eigenvalue weighted by Gasteiger charge is -2.53. The normalized spacial score (nSPS) is 16.8. The molecule has 1 nitrogen and oxygen atoms in total. The van der Waals surface area contributed by atoms with Crippen LogP contribution in [0, 0.1) is 16.2 Å². The van der Waals surface area contributed by atoms with Crippen molar-refractivity contribution in [3.8, 4) is 0 Å². The van der Waals surface area contributed by atoms with Crippen molar-refractivity contribution in [3.05, 3.63) is 12.2 Å². The van der Waals surface area contributed by atoms with E-state index in [4.69, 9.17) is 0 Å². The predicted molar refractivity (Wildman–Crippen MR) is 111 cm³/mol. The molecule has 0 saturated heterocycles. The molecule has 0 fully saturated rings. The van der Waals surface area contributed by atoms with Crippen LogP contribution in [-0.4, -0.2) is 30.7 Å². The Kier molecular flexibility index (Phi) is 7.43. The van der Waals surface area contributed by atoms with Crippen molar-refractivity contribution in [1.82, 2.24) is 0 Å². The van der Waals surface area contributed by atoms with Crippen molar-refractivity contribution >= 4 is 0 Å². The van der Waals surface area contributed by atoms with Gasteiger partial charge in [0.2, 0.25) is 0 Å². The van der Waals surface area contributed by atoms with E-state index < -0.39 is 0 Å². The number of nitrogens with zero attached hydrogens (tertiary/aromatic N) is 1. The Morgan fingerprint density at radius 3 is 1.71 bits per heavy atom. The lowest BCUT2D eigenvalue weighted by molar-refractivity contribution is -0.939. The maximum Gasteiger partial charge on any atom is 0.0937 e. The first-order valence-corrected chi connectivity index (χ1v) is 9.91. The summed E-state index contributed by atoms with van der Waals surface area (Å²) in [6, 6.07) is 0. The number of allylic oxidation sites excluding steroid dienone is 1. The largest absolute Gasteiger partial charge is 0.324 e. The fourth-order valence-corrected chi connectivity index (χ4v) is 3.78. The Labute approximate surface area is 154 Å². The van der Waals surface area contributed by atoms with Gasteiger partial charge in [-0.3, -0.25) is 0 Å². The molecule has 0 radical (unpaired) electrons. The van der Waals surface area contributed by atoms with Crippen molar-refractivity contribution < 1.29 is 4.48 Å². The highest BCUT2D eigenvalue weighted by Crippen LogP contribution is 2.52. The van der Waals surface area contributed by atoms with Crippen LogP contribution in [0.3, 0.4) is 0 Å². The third kappa shape index (κ3) is 5.61. The molecule has 0 saturated carbocycles. The highest BCUT2D eigenvalue weighted by molar-refractivity contribution is 5.11. The Hall–Kier alpha value is -0.300. The highest BCUT2D eigenvalue weighted by atomic mass is 15.4. The molecule has 0 spiro atoms. The zero-order valence-electron chi connectivity index (χ0n) is 19.2. The van der Waals surface area contributed by atoms with Crippen LogP contribution in [0.4, 0.5) is 0 Å². The highest BCUT2D eigenvalue weighted by Gasteiger charge is 2.48. The van der Waals surface area contributed by atoms with E-state index in [9.17, 15) is 0 Å². The molecule has 0 rings (SSSR count). The van der Waals surface area contributed by atoms with Crippen molar-refractivity contribution in [2.45, 2.75) is 100 Å². The van der Waals surface area contributed by atoms with Crippen LogP contribution in [0.5, 0.6) is 0 Å². The summed E-state index contributed by atoms with van der Waals surface area (Å²) >= 11 is 0. The van der Waals surface area contributed by atoms with Crippen molar-refractivity contribution in [2.75, 3.05) is 20.6 Å². The van der Waals surface area contributed by atoms with Gasteiger partial charge in [0.15, 0.2) is 0 Å². The SMILES string of the molecule is C=C(C)C(C)(C)C(C)(CC)CC(C)(C)[N+](C)(C)CCCC(C)(C)C. The molecule has 0 N–H and O–H groups in total. The van der Waals surface area contributed by atoms with Crippen LogP contribution in [0.2, 0.25) is 0 Å². The van der Waals surface area contributed by atoms with E-state index in [0.717, 1.165) is 4.48 Å². The van der Waals surface area contributed by atoms with Crippen molar-refractivity contribution in [1.29, 1.82) is 0 Å². The molecule has 0 aliphatic carbocycles. The van der Waals surface area contributed by atoms with Gasteiger partial charge in [-0.25, -0.2) is 0 Å². The maximum atomic E-state index is 4.30. The smallest absolute Gasteiger partial charge is 0.0937 e. The molecule has 0 amide bonds. The van der Waals surface area contributed by atoms with Crippen LogP contribution < -0.4 is 0 Å². The first-order valence-electron chi connectivity index (χ1n) is 9.91. The number of hydrogen-bond donors (Lipinski definition) is 0. The lowest BCUT2D eigenvalue weighted by atomic mass is 9.57. The molecule has 0 bridgehead atoms. The topological polar surface area (TPSA) is 0 Å². The van der Waals surface area contributed by atoms with Crippen molar-refractivity contribution in [3.63, 3.8) is 0 Å². The number of hydrogen-bond acceptors (Lipinski definition) is 0. The Balaban J connectivity index is 5.30. The summed E-state index contributed by atoms with van der Waals surface area (Å²) in [5, 5.41) is 0. The van der Waals surface area contributed by atoms with Gasteiger partial charge in [-0.05, 0) is 56.3 Å². The molecule has 0 aromatic rings. The maximum absolute atomic E-state index is 4.30. The summed E-state index contributed by atoms with van der Waals surface area (Å²) in [5.74, 6) is 0. The molecule has 0 aromatic heterocycles. The fourth-order valence-electron chi connectivity index (χ4n) is 3.78. The Morgan fingerprint density at radius 2 is 1.38 bits per heavy atom. The third-order valence-corrected chi connectivity index (χ3v) is 7.46. The Morgan fingerprint density at radius 1 is 0.917 bits per heavy atom. The second-order valence-electron chi connectivity index (χ2n) is 11.4. The molecule has 24 heavy (non-hydrogen) atoms. The standard InChI is InChI=1S/C23H48N/c1-14-23(11,22(9,10)19(2)3)18-21(7,8)24(12,13)17-15-16-20(4,5)6/h2,14-18H2,1,3-13H3/q+1. The third-order valence-electron chi connectivity index (χ3n) is 7.46. The zero-order chi connectivity index (χ0) is 19.6. The molecule has 1 atom stereocenters. The minimum absolute atomic E-state index is 0.157. The minimum atomic E-state index is 0.157.